The average molecular weight is 206 g/mol. The standard InChI is InChI=1S/C13H22N2/c1-11(2)8-15-10-13(3,4)12-6-5-7-14-9-12/h5-7,9,11,15H,8,10H2,1-4H3. The Morgan fingerprint density at radius 3 is 2.67 bits per heavy atom. The molecule has 0 spiro atoms. The number of aromatic nitrogens is 1. The first kappa shape index (κ1) is 12.2. The van der Waals surface area contributed by atoms with Crippen LogP contribution in [0.3, 0.4) is 0 Å². The molecule has 15 heavy (non-hydrogen) atoms. The fourth-order valence-electron chi connectivity index (χ4n) is 1.54. The first-order valence-corrected chi connectivity index (χ1v) is 5.63. The van der Waals surface area contributed by atoms with Crippen LogP contribution in [-0.2, 0) is 5.41 Å². The van der Waals surface area contributed by atoms with Gasteiger partial charge in [0.1, 0.15) is 0 Å². The third-order valence-corrected chi connectivity index (χ3v) is 2.56. The second kappa shape index (κ2) is 5.26. The molecule has 2 heteroatoms. The summed E-state index contributed by atoms with van der Waals surface area (Å²) in [6, 6.07) is 4.14. The fourth-order valence-corrected chi connectivity index (χ4v) is 1.54. The highest BCUT2D eigenvalue weighted by Crippen LogP contribution is 2.20. The minimum Gasteiger partial charge on any atom is -0.316 e. The number of pyridine rings is 1. The lowest BCUT2D eigenvalue weighted by atomic mass is 9.85. The van der Waals surface area contributed by atoms with Crippen molar-refractivity contribution in [3.8, 4) is 0 Å². The molecule has 2 nitrogen and oxygen atoms in total. The second-order valence-corrected chi connectivity index (χ2v) is 5.15. The molecule has 1 heterocycles. The Hall–Kier alpha value is -0.890. The van der Waals surface area contributed by atoms with Crippen molar-refractivity contribution in [1.82, 2.24) is 10.3 Å². The maximum atomic E-state index is 4.17. The molecule has 0 bridgehead atoms. The summed E-state index contributed by atoms with van der Waals surface area (Å²) in [6.45, 7) is 11.0. The highest BCUT2D eigenvalue weighted by atomic mass is 14.9. The summed E-state index contributed by atoms with van der Waals surface area (Å²) in [5.74, 6) is 0.703. The average Bonchev–Trinajstić information content (AvgIpc) is 2.18. The van der Waals surface area contributed by atoms with E-state index in [4.69, 9.17) is 0 Å². The van der Waals surface area contributed by atoms with E-state index in [0.29, 0.717) is 5.92 Å². The summed E-state index contributed by atoms with van der Waals surface area (Å²) in [7, 11) is 0. The van der Waals surface area contributed by atoms with Crippen LogP contribution in [0, 0.1) is 5.92 Å². The summed E-state index contributed by atoms with van der Waals surface area (Å²) in [5, 5.41) is 3.50. The van der Waals surface area contributed by atoms with Crippen LogP contribution in [0.5, 0.6) is 0 Å². The van der Waals surface area contributed by atoms with Gasteiger partial charge < -0.3 is 5.32 Å². The van der Waals surface area contributed by atoms with Crippen LogP contribution in [0.4, 0.5) is 0 Å². The summed E-state index contributed by atoms with van der Waals surface area (Å²) >= 11 is 0. The predicted molar refractivity (Wildman–Crippen MR) is 65.0 cm³/mol. The lowest BCUT2D eigenvalue weighted by Crippen LogP contribution is -2.34. The molecular weight excluding hydrogens is 184 g/mol. The molecule has 0 fully saturated rings. The molecular formula is C13H22N2. The molecule has 0 aliphatic heterocycles. The SMILES string of the molecule is CC(C)CNCC(C)(C)c1cccnc1. The third-order valence-electron chi connectivity index (χ3n) is 2.56. The molecule has 0 aromatic carbocycles. The van der Waals surface area contributed by atoms with Gasteiger partial charge in [-0.05, 0) is 24.1 Å². The monoisotopic (exact) mass is 206 g/mol. The smallest absolute Gasteiger partial charge is 0.0305 e. The molecule has 0 unspecified atom stereocenters. The maximum Gasteiger partial charge on any atom is 0.0305 e. The van der Waals surface area contributed by atoms with E-state index in [1.165, 1.54) is 5.56 Å². The molecule has 1 aromatic heterocycles. The number of nitrogens with zero attached hydrogens (tertiary/aromatic N) is 1. The van der Waals surface area contributed by atoms with Crippen molar-refractivity contribution in [2.75, 3.05) is 13.1 Å². The molecule has 1 aromatic rings. The third kappa shape index (κ3) is 4.00. The van der Waals surface area contributed by atoms with Crippen LogP contribution in [0.15, 0.2) is 24.5 Å². The van der Waals surface area contributed by atoms with Gasteiger partial charge in [-0.2, -0.15) is 0 Å². The van der Waals surface area contributed by atoms with Gasteiger partial charge in [-0.25, -0.2) is 0 Å². The van der Waals surface area contributed by atoms with Gasteiger partial charge in [-0.3, -0.25) is 4.98 Å². The van der Waals surface area contributed by atoms with E-state index in [1.807, 2.05) is 18.5 Å². The van der Waals surface area contributed by atoms with E-state index in [9.17, 15) is 0 Å². The Labute approximate surface area is 93.1 Å². The number of hydrogen-bond acceptors (Lipinski definition) is 2. The number of hydrogen-bond donors (Lipinski definition) is 1. The highest BCUT2D eigenvalue weighted by Gasteiger charge is 2.19. The zero-order chi connectivity index (χ0) is 11.3. The summed E-state index contributed by atoms with van der Waals surface area (Å²) in [5.41, 5.74) is 1.45. The second-order valence-electron chi connectivity index (χ2n) is 5.15. The van der Waals surface area contributed by atoms with Crippen molar-refractivity contribution in [3.05, 3.63) is 30.1 Å². The van der Waals surface area contributed by atoms with Crippen LogP contribution < -0.4 is 5.32 Å². The van der Waals surface area contributed by atoms with Gasteiger partial charge in [0, 0.05) is 24.4 Å². The quantitative estimate of drug-likeness (QED) is 0.801. The van der Waals surface area contributed by atoms with Crippen molar-refractivity contribution in [1.29, 1.82) is 0 Å². The topological polar surface area (TPSA) is 24.9 Å². The summed E-state index contributed by atoms with van der Waals surface area (Å²) in [6.07, 6.45) is 3.78. The number of nitrogens with one attached hydrogen (secondary N) is 1. The molecule has 0 aliphatic rings. The van der Waals surface area contributed by atoms with Gasteiger partial charge >= 0.3 is 0 Å². The van der Waals surface area contributed by atoms with Gasteiger partial charge in [0.25, 0.3) is 0 Å². The van der Waals surface area contributed by atoms with Gasteiger partial charge in [0.15, 0.2) is 0 Å². The largest absolute Gasteiger partial charge is 0.316 e. The van der Waals surface area contributed by atoms with Crippen LogP contribution in [0.1, 0.15) is 33.3 Å². The first-order chi connectivity index (χ1) is 7.02. The zero-order valence-corrected chi connectivity index (χ0v) is 10.2. The van der Waals surface area contributed by atoms with E-state index in [1.54, 1.807) is 0 Å². The molecule has 0 saturated heterocycles. The summed E-state index contributed by atoms with van der Waals surface area (Å²) < 4.78 is 0. The highest BCUT2D eigenvalue weighted by molar-refractivity contribution is 5.19. The van der Waals surface area contributed by atoms with Crippen molar-refractivity contribution in [2.45, 2.75) is 33.1 Å². The van der Waals surface area contributed by atoms with Crippen LogP contribution in [0.25, 0.3) is 0 Å². The van der Waals surface area contributed by atoms with E-state index >= 15 is 0 Å². The van der Waals surface area contributed by atoms with Crippen molar-refractivity contribution >= 4 is 0 Å². The van der Waals surface area contributed by atoms with Crippen LogP contribution in [0.2, 0.25) is 0 Å². The Morgan fingerprint density at radius 2 is 2.13 bits per heavy atom. The molecule has 0 aliphatic carbocycles. The van der Waals surface area contributed by atoms with Crippen molar-refractivity contribution < 1.29 is 0 Å². The Morgan fingerprint density at radius 1 is 1.40 bits per heavy atom. The summed E-state index contributed by atoms with van der Waals surface area (Å²) in [4.78, 5) is 4.17. The zero-order valence-electron chi connectivity index (χ0n) is 10.2. The molecule has 0 saturated carbocycles. The lowest BCUT2D eigenvalue weighted by Gasteiger charge is -2.25. The van der Waals surface area contributed by atoms with E-state index in [-0.39, 0.29) is 5.41 Å². The van der Waals surface area contributed by atoms with Gasteiger partial charge in [-0.15, -0.1) is 0 Å². The van der Waals surface area contributed by atoms with Gasteiger partial charge in [0.2, 0.25) is 0 Å². The Bertz CT molecular complexity index is 278. The Kier molecular flexibility index (Phi) is 4.28. The lowest BCUT2D eigenvalue weighted by molar-refractivity contribution is 0.442. The normalized spacial score (nSPS) is 12.1. The minimum atomic E-state index is 0.156. The molecule has 84 valence electrons. The molecule has 1 N–H and O–H groups in total. The Balaban J connectivity index is 2.52. The van der Waals surface area contributed by atoms with E-state index in [0.717, 1.165) is 13.1 Å². The fraction of sp³-hybridized carbons (Fsp3) is 0.615. The van der Waals surface area contributed by atoms with E-state index in [2.05, 4.69) is 44.1 Å². The van der Waals surface area contributed by atoms with Crippen molar-refractivity contribution in [2.24, 2.45) is 5.92 Å². The maximum absolute atomic E-state index is 4.17. The van der Waals surface area contributed by atoms with Crippen LogP contribution in [-0.4, -0.2) is 18.1 Å². The first-order valence-electron chi connectivity index (χ1n) is 5.63. The van der Waals surface area contributed by atoms with Crippen molar-refractivity contribution in [3.63, 3.8) is 0 Å². The molecule has 0 atom stereocenters. The molecule has 0 radical (unpaired) electrons. The minimum absolute atomic E-state index is 0.156. The molecule has 1 rings (SSSR count). The predicted octanol–water partition coefficient (Wildman–Crippen LogP) is 2.60. The van der Waals surface area contributed by atoms with Gasteiger partial charge in [0.05, 0.1) is 0 Å². The van der Waals surface area contributed by atoms with E-state index < -0.39 is 0 Å². The number of rotatable bonds is 5. The van der Waals surface area contributed by atoms with Crippen LogP contribution >= 0.6 is 0 Å². The van der Waals surface area contributed by atoms with Gasteiger partial charge in [-0.1, -0.05) is 33.8 Å². The molecule has 0 amide bonds.